The Morgan fingerprint density at radius 2 is 1.39 bits per heavy atom. The molecule has 2 aliphatic rings. The summed E-state index contributed by atoms with van der Waals surface area (Å²) in [6.07, 6.45) is 20.5. The summed E-state index contributed by atoms with van der Waals surface area (Å²) in [5.74, 6) is 0.706. The van der Waals surface area contributed by atoms with E-state index >= 15 is 0 Å². The van der Waals surface area contributed by atoms with Crippen LogP contribution in [-0.2, 0) is 31.1 Å². The van der Waals surface area contributed by atoms with Crippen LogP contribution in [0.15, 0.2) is 18.2 Å². The predicted octanol–water partition coefficient (Wildman–Crippen LogP) is 6.21. The van der Waals surface area contributed by atoms with Crippen LogP contribution >= 0.6 is 0 Å². The van der Waals surface area contributed by atoms with Gasteiger partial charge in [-0.15, -0.1) is 0 Å². The number of carbonyl (C=O) groups is 1. The Morgan fingerprint density at radius 1 is 0.939 bits per heavy atom. The Balaban J connectivity index is 0.000000438. The van der Waals surface area contributed by atoms with Gasteiger partial charge in [-0.2, -0.15) is 0 Å². The number of hydrogen-bond acceptors (Lipinski definition) is 3. The fourth-order valence-corrected chi connectivity index (χ4v) is 4.77. The van der Waals surface area contributed by atoms with Crippen LogP contribution in [-0.4, -0.2) is 31.4 Å². The quantitative estimate of drug-likeness (QED) is 0.453. The van der Waals surface area contributed by atoms with Crippen molar-refractivity contribution in [3.8, 4) is 5.75 Å². The third-order valence-electron chi connectivity index (χ3n) is 4.21. The van der Waals surface area contributed by atoms with Crippen LogP contribution in [0.1, 0.15) is 26.3 Å². The van der Waals surface area contributed by atoms with E-state index in [1.807, 2.05) is 128 Å². The normalized spacial score (nSPS) is 15.5. The summed E-state index contributed by atoms with van der Waals surface area (Å²) in [4.78, 5) is 12.9. The summed E-state index contributed by atoms with van der Waals surface area (Å²) in [5, 5.41) is 0. The first kappa shape index (κ1) is 30.1. The van der Waals surface area contributed by atoms with Crippen LogP contribution < -0.4 is 9.30 Å². The first-order valence-corrected chi connectivity index (χ1v) is 15.4. The molecule has 0 saturated heterocycles. The van der Waals surface area contributed by atoms with Crippen molar-refractivity contribution in [2.24, 2.45) is 0 Å². The largest absolute Gasteiger partial charge is 0.0312 e. The van der Waals surface area contributed by atoms with Crippen LogP contribution in [0.3, 0.4) is 0 Å². The molecule has 2 fully saturated rings. The molecule has 174 valence electrons. The number of anilines is 1. The molecular weight excluding hydrogens is 462 g/mol. The second-order valence-corrected chi connectivity index (χ2v) is 14.7. The van der Waals surface area contributed by atoms with Gasteiger partial charge in [0.25, 0.3) is 0 Å². The second-order valence-electron chi connectivity index (χ2n) is 9.29. The molecule has 2 saturated carbocycles. The second kappa shape index (κ2) is 15.2. The summed E-state index contributed by atoms with van der Waals surface area (Å²) in [5.41, 5.74) is 1.37. The molecular formula is C27H37NO3SiTi+2. The fraction of sp³-hybridized carbons (Fsp3) is 0.333. The summed E-state index contributed by atoms with van der Waals surface area (Å²) in [6, 6.07) is 5.89. The van der Waals surface area contributed by atoms with Crippen LogP contribution in [0.4, 0.5) is 10.5 Å². The van der Waals surface area contributed by atoms with Gasteiger partial charge in [-0.1, -0.05) is 0 Å². The fourth-order valence-electron chi connectivity index (χ4n) is 2.91. The molecule has 0 bridgehead atoms. The molecule has 0 aliphatic heterocycles. The number of nitrogens with zero attached hydrogens (tertiary/aromatic N) is 1. The van der Waals surface area contributed by atoms with Gasteiger partial charge in [-0.3, -0.25) is 0 Å². The molecule has 0 heterocycles. The van der Waals surface area contributed by atoms with E-state index in [2.05, 4.69) is 24.0 Å². The number of amides is 1. The monoisotopic (exact) mass is 499 g/mol. The number of benzene rings is 1. The number of para-hydroxylation sites is 1. The number of ether oxygens (including phenoxy) is 2. The topological polar surface area (TPSA) is 38.8 Å². The average molecular weight is 500 g/mol. The van der Waals surface area contributed by atoms with E-state index in [-0.39, 0.29) is 6.09 Å². The molecule has 0 spiro atoms. The predicted molar refractivity (Wildman–Crippen MR) is 138 cm³/mol. The summed E-state index contributed by atoms with van der Waals surface area (Å²) in [6.45, 7) is 12.0. The standard InChI is InChI=1S/C17H27NO3Si.2C5H5.Ti/c1-9-13-11-10-12-14(20-5)15(13)18(22(6,7)8)16(19)21-17(2,3)4;2*1-2-4-5-3-1;/h1,10-12H,9H2,2-8H3;2*1-5H;/q;;;+2. The van der Waals surface area contributed by atoms with Gasteiger partial charge >= 0.3 is 152 Å². The van der Waals surface area contributed by atoms with Gasteiger partial charge in [0.2, 0.25) is 0 Å². The molecule has 33 heavy (non-hydrogen) atoms. The summed E-state index contributed by atoms with van der Waals surface area (Å²) < 4.78 is 15.1. The molecule has 0 atom stereocenters. The van der Waals surface area contributed by atoms with Crippen molar-refractivity contribution in [2.45, 2.75) is 52.4 Å². The third kappa shape index (κ3) is 11.9. The average Bonchev–Trinajstić information content (AvgIpc) is 3.46. The number of carbonyl (C=O) groups excluding carboxylic acids is 1. The molecule has 0 aromatic heterocycles. The van der Waals surface area contributed by atoms with E-state index in [4.69, 9.17) is 9.47 Å². The zero-order valence-corrected chi connectivity index (χ0v) is 23.5. The van der Waals surface area contributed by atoms with E-state index in [0.717, 1.165) is 17.7 Å². The zero-order valence-electron chi connectivity index (χ0n) is 21.0. The Kier molecular flexibility index (Phi) is 13.8. The van der Waals surface area contributed by atoms with Crippen molar-refractivity contribution < 1.29 is 34.2 Å². The van der Waals surface area contributed by atoms with Gasteiger partial charge in [0.1, 0.15) is 0 Å². The third-order valence-corrected chi connectivity index (χ3v) is 6.27. The SMILES string of the molecule is COc1cccc(C[CH]=[Ti+2])c1N(C(=O)OC(C)(C)C)[Si](C)(C)C.[CH]1[CH][CH][CH][CH]1.[CH]1[CH][CH][CH][CH]1. The van der Waals surface area contributed by atoms with Gasteiger partial charge in [0.15, 0.2) is 0 Å². The van der Waals surface area contributed by atoms with E-state index in [1.165, 1.54) is 0 Å². The van der Waals surface area contributed by atoms with Crippen molar-refractivity contribution >= 4 is 24.3 Å². The van der Waals surface area contributed by atoms with Crippen LogP contribution in [0.2, 0.25) is 19.6 Å². The molecule has 1 aromatic rings. The molecule has 6 heteroatoms. The van der Waals surface area contributed by atoms with E-state index in [1.54, 1.807) is 7.11 Å². The first-order valence-electron chi connectivity index (χ1n) is 11.0. The maximum absolute atomic E-state index is 12.9. The van der Waals surface area contributed by atoms with Crippen LogP contribution in [0.5, 0.6) is 5.75 Å². The summed E-state index contributed by atoms with van der Waals surface area (Å²) >= 11 is 2.01. The Bertz CT molecular complexity index is 692. The van der Waals surface area contributed by atoms with Crippen molar-refractivity contribution in [1.82, 2.24) is 0 Å². The molecule has 10 radical (unpaired) electrons. The maximum atomic E-state index is 12.9. The Morgan fingerprint density at radius 3 is 1.73 bits per heavy atom. The van der Waals surface area contributed by atoms with Gasteiger partial charge in [-0.25, -0.2) is 0 Å². The van der Waals surface area contributed by atoms with E-state index in [9.17, 15) is 4.79 Å². The first-order chi connectivity index (χ1) is 15.5. The molecule has 4 nitrogen and oxygen atoms in total. The van der Waals surface area contributed by atoms with Crippen molar-refractivity contribution in [2.75, 3.05) is 11.7 Å². The Labute approximate surface area is 215 Å². The van der Waals surface area contributed by atoms with Gasteiger partial charge in [0, 0.05) is 0 Å². The minimum absolute atomic E-state index is 0.307. The van der Waals surface area contributed by atoms with E-state index in [0.29, 0.717) is 5.75 Å². The maximum Gasteiger partial charge on any atom is -0.0312 e. The Hall–Kier alpha value is -0.909. The van der Waals surface area contributed by atoms with Crippen molar-refractivity contribution in [3.05, 3.63) is 88.0 Å². The minimum Gasteiger partial charge on any atom is -0.0312 e. The summed E-state index contributed by atoms with van der Waals surface area (Å²) in [7, 11) is -0.399. The smallest absolute Gasteiger partial charge is 0.0312 e. The number of rotatable bonds is 5. The molecule has 0 N–H and O–H groups in total. The molecule has 3 rings (SSSR count). The van der Waals surface area contributed by atoms with Crippen LogP contribution in [0.25, 0.3) is 0 Å². The van der Waals surface area contributed by atoms with Gasteiger partial charge in [0.05, 0.1) is 0 Å². The van der Waals surface area contributed by atoms with Crippen molar-refractivity contribution in [3.63, 3.8) is 0 Å². The molecule has 1 aromatic carbocycles. The van der Waals surface area contributed by atoms with Crippen molar-refractivity contribution in [1.29, 1.82) is 0 Å². The minimum atomic E-state index is -2.03. The van der Waals surface area contributed by atoms with Gasteiger partial charge < -0.3 is 0 Å². The zero-order chi connectivity index (χ0) is 24.9. The number of methoxy groups -OCH3 is 1. The van der Waals surface area contributed by atoms with Crippen LogP contribution in [0, 0.1) is 64.2 Å². The molecule has 0 unspecified atom stereocenters. The number of hydrogen-bond donors (Lipinski definition) is 0. The van der Waals surface area contributed by atoms with Gasteiger partial charge in [-0.05, 0) is 64.2 Å². The molecule has 2 aliphatic carbocycles. The molecule has 1 amide bonds. The van der Waals surface area contributed by atoms with E-state index < -0.39 is 13.8 Å².